The highest BCUT2D eigenvalue weighted by Crippen LogP contribution is 2.06. The van der Waals surface area contributed by atoms with Crippen molar-refractivity contribution in [2.24, 2.45) is 0 Å². The lowest BCUT2D eigenvalue weighted by molar-refractivity contribution is -0.119. The summed E-state index contributed by atoms with van der Waals surface area (Å²) in [4.78, 5) is 10.7. The Morgan fingerprint density at radius 3 is 2.38 bits per heavy atom. The van der Waals surface area contributed by atoms with Crippen molar-refractivity contribution in [3.8, 4) is 0 Å². The quantitative estimate of drug-likeness (QED) is 0.607. The minimum Gasteiger partial charge on any atom is -0.354 e. The molecule has 0 aromatic heterocycles. The Morgan fingerprint density at radius 1 is 1.23 bits per heavy atom. The van der Waals surface area contributed by atoms with E-state index in [1.807, 2.05) is 0 Å². The van der Waals surface area contributed by atoms with Gasteiger partial charge in [-0.25, -0.2) is 0 Å². The zero-order chi connectivity index (χ0) is 10.1. The molecule has 78 valence electrons. The molecule has 1 amide bonds. The van der Waals surface area contributed by atoms with E-state index >= 15 is 0 Å². The molecule has 0 unspecified atom stereocenters. The Kier molecular flexibility index (Phi) is 7.76. The van der Waals surface area contributed by atoms with Gasteiger partial charge in [-0.1, -0.05) is 39.0 Å². The Labute approximate surface area is 82.1 Å². The molecular formula is C11H23NO. The minimum atomic E-state index is 0.0843. The van der Waals surface area contributed by atoms with Crippen LogP contribution in [0.1, 0.15) is 59.3 Å². The van der Waals surface area contributed by atoms with Crippen LogP contribution in [0.2, 0.25) is 0 Å². The Bertz CT molecular complexity index is 134. The Morgan fingerprint density at radius 2 is 1.85 bits per heavy atom. The van der Waals surface area contributed by atoms with Crippen molar-refractivity contribution in [3.05, 3.63) is 0 Å². The van der Waals surface area contributed by atoms with E-state index in [1.54, 1.807) is 6.92 Å². The van der Waals surface area contributed by atoms with E-state index < -0.39 is 0 Å². The number of nitrogens with one attached hydrogen (secondary N) is 1. The van der Waals surface area contributed by atoms with Crippen LogP contribution in [0.15, 0.2) is 0 Å². The molecule has 0 saturated heterocycles. The molecule has 0 fully saturated rings. The normalized spacial score (nSPS) is 12.5. The molecule has 0 aromatic carbocycles. The van der Waals surface area contributed by atoms with E-state index in [1.165, 1.54) is 32.1 Å². The van der Waals surface area contributed by atoms with Gasteiger partial charge in [0.25, 0.3) is 0 Å². The summed E-state index contributed by atoms with van der Waals surface area (Å²) in [6, 6.07) is 0.346. The van der Waals surface area contributed by atoms with E-state index in [0.29, 0.717) is 6.04 Å². The SMILES string of the molecule is CCCCCCC[C@H](C)NC(C)=O. The first-order valence-electron chi connectivity index (χ1n) is 5.44. The first kappa shape index (κ1) is 12.5. The van der Waals surface area contributed by atoms with Crippen molar-refractivity contribution < 1.29 is 4.79 Å². The number of hydrogen-bond donors (Lipinski definition) is 1. The van der Waals surface area contributed by atoms with Gasteiger partial charge in [0, 0.05) is 13.0 Å². The van der Waals surface area contributed by atoms with Gasteiger partial charge in [0.05, 0.1) is 0 Å². The van der Waals surface area contributed by atoms with Crippen LogP contribution in [0.4, 0.5) is 0 Å². The lowest BCUT2D eigenvalue weighted by Gasteiger charge is -2.11. The topological polar surface area (TPSA) is 29.1 Å². The lowest BCUT2D eigenvalue weighted by Crippen LogP contribution is -2.30. The van der Waals surface area contributed by atoms with Gasteiger partial charge in [0.2, 0.25) is 5.91 Å². The first-order valence-corrected chi connectivity index (χ1v) is 5.44. The van der Waals surface area contributed by atoms with Gasteiger partial charge < -0.3 is 5.32 Å². The van der Waals surface area contributed by atoms with Gasteiger partial charge >= 0.3 is 0 Å². The van der Waals surface area contributed by atoms with Crippen molar-refractivity contribution in [1.82, 2.24) is 5.32 Å². The molecule has 2 nitrogen and oxygen atoms in total. The largest absolute Gasteiger partial charge is 0.354 e. The van der Waals surface area contributed by atoms with E-state index in [4.69, 9.17) is 0 Å². The number of carbonyl (C=O) groups is 1. The van der Waals surface area contributed by atoms with Crippen molar-refractivity contribution in [1.29, 1.82) is 0 Å². The lowest BCUT2D eigenvalue weighted by atomic mass is 10.1. The molecule has 0 aliphatic rings. The number of carbonyl (C=O) groups excluding carboxylic acids is 1. The van der Waals surface area contributed by atoms with Gasteiger partial charge in [-0.3, -0.25) is 4.79 Å². The summed E-state index contributed by atoms with van der Waals surface area (Å²) in [5.74, 6) is 0.0843. The van der Waals surface area contributed by atoms with Gasteiger partial charge in [0.15, 0.2) is 0 Å². The number of amides is 1. The van der Waals surface area contributed by atoms with Gasteiger partial charge in [-0.05, 0) is 13.3 Å². The fourth-order valence-electron chi connectivity index (χ4n) is 1.47. The van der Waals surface area contributed by atoms with Crippen LogP contribution in [-0.2, 0) is 4.79 Å². The molecule has 0 saturated carbocycles. The van der Waals surface area contributed by atoms with Crippen molar-refractivity contribution in [3.63, 3.8) is 0 Å². The van der Waals surface area contributed by atoms with Gasteiger partial charge in [-0.2, -0.15) is 0 Å². The molecule has 1 atom stereocenters. The average Bonchev–Trinajstić information content (AvgIpc) is 2.02. The molecule has 0 bridgehead atoms. The van der Waals surface area contributed by atoms with Crippen LogP contribution >= 0.6 is 0 Å². The Balaban J connectivity index is 3.17. The van der Waals surface area contributed by atoms with E-state index in [9.17, 15) is 4.79 Å². The highest BCUT2D eigenvalue weighted by Gasteiger charge is 2.01. The first-order chi connectivity index (χ1) is 6.16. The predicted octanol–water partition coefficient (Wildman–Crippen LogP) is 2.87. The summed E-state index contributed by atoms with van der Waals surface area (Å²) in [7, 11) is 0. The summed E-state index contributed by atoms with van der Waals surface area (Å²) >= 11 is 0. The zero-order valence-electron chi connectivity index (χ0n) is 9.23. The maximum Gasteiger partial charge on any atom is 0.217 e. The van der Waals surface area contributed by atoms with E-state index in [-0.39, 0.29) is 5.91 Å². The van der Waals surface area contributed by atoms with Crippen molar-refractivity contribution >= 4 is 5.91 Å². The highest BCUT2D eigenvalue weighted by atomic mass is 16.1. The van der Waals surface area contributed by atoms with Crippen LogP contribution in [0.25, 0.3) is 0 Å². The molecule has 0 spiro atoms. The molecular weight excluding hydrogens is 162 g/mol. The second-order valence-electron chi connectivity index (χ2n) is 3.80. The maximum absolute atomic E-state index is 10.7. The monoisotopic (exact) mass is 185 g/mol. The van der Waals surface area contributed by atoms with Crippen LogP contribution in [-0.4, -0.2) is 11.9 Å². The molecule has 0 aliphatic carbocycles. The zero-order valence-corrected chi connectivity index (χ0v) is 9.23. The fraction of sp³-hybridized carbons (Fsp3) is 0.909. The fourth-order valence-corrected chi connectivity index (χ4v) is 1.47. The third kappa shape index (κ3) is 9.38. The molecule has 0 rings (SSSR count). The molecule has 2 heteroatoms. The molecule has 0 radical (unpaired) electrons. The number of unbranched alkanes of at least 4 members (excludes halogenated alkanes) is 4. The van der Waals surface area contributed by atoms with Crippen LogP contribution < -0.4 is 5.32 Å². The third-order valence-electron chi connectivity index (χ3n) is 2.19. The standard InChI is InChI=1S/C11H23NO/c1-4-5-6-7-8-9-10(2)12-11(3)13/h10H,4-9H2,1-3H3,(H,12,13)/t10-/m0/s1. The summed E-state index contributed by atoms with van der Waals surface area (Å²) < 4.78 is 0. The summed E-state index contributed by atoms with van der Waals surface area (Å²) in [5.41, 5.74) is 0. The molecule has 0 aromatic rings. The van der Waals surface area contributed by atoms with Gasteiger partial charge in [-0.15, -0.1) is 0 Å². The maximum atomic E-state index is 10.7. The summed E-state index contributed by atoms with van der Waals surface area (Å²) in [6.45, 7) is 5.87. The second-order valence-corrected chi connectivity index (χ2v) is 3.80. The predicted molar refractivity (Wildman–Crippen MR) is 56.7 cm³/mol. The van der Waals surface area contributed by atoms with Gasteiger partial charge in [0.1, 0.15) is 0 Å². The molecule has 13 heavy (non-hydrogen) atoms. The van der Waals surface area contributed by atoms with Crippen LogP contribution in [0.3, 0.4) is 0 Å². The van der Waals surface area contributed by atoms with Crippen LogP contribution in [0, 0.1) is 0 Å². The molecule has 1 N–H and O–H groups in total. The van der Waals surface area contributed by atoms with E-state index in [0.717, 1.165) is 6.42 Å². The van der Waals surface area contributed by atoms with Crippen molar-refractivity contribution in [2.45, 2.75) is 65.3 Å². The van der Waals surface area contributed by atoms with Crippen molar-refractivity contribution in [2.75, 3.05) is 0 Å². The highest BCUT2D eigenvalue weighted by molar-refractivity contribution is 5.73. The number of hydrogen-bond acceptors (Lipinski definition) is 1. The third-order valence-corrected chi connectivity index (χ3v) is 2.19. The summed E-state index contributed by atoms with van der Waals surface area (Å²) in [6.07, 6.45) is 7.63. The summed E-state index contributed by atoms with van der Waals surface area (Å²) in [5, 5.41) is 2.89. The minimum absolute atomic E-state index is 0.0843. The van der Waals surface area contributed by atoms with Crippen LogP contribution in [0.5, 0.6) is 0 Å². The second kappa shape index (κ2) is 8.09. The smallest absolute Gasteiger partial charge is 0.217 e. The number of rotatable bonds is 7. The van der Waals surface area contributed by atoms with E-state index in [2.05, 4.69) is 19.2 Å². The molecule has 0 aliphatic heterocycles. The average molecular weight is 185 g/mol. The molecule has 0 heterocycles. The Hall–Kier alpha value is -0.530.